The van der Waals surface area contributed by atoms with E-state index in [-0.39, 0.29) is 5.11 Å². The van der Waals surface area contributed by atoms with Gasteiger partial charge in [0, 0.05) is 0 Å². The molecule has 3 rings (SSSR count). The lowest BCUT2D eigenvalue weighted by atomic mass is 10.2. The van der Waals surface area contributed by atoms with Crippen LogP contribution in [-0.2, 0) is 4.74 Å². The van der Waals surface area contributed by atoms with Crippen molar-refractivity contribution in [2.75, 3.05) is 12.4 Å². The summed E-state index contributed by atoms with van der Waals surface area (Å²) in [5.41, 5.74) is 1.46. The molecule has 0 unspecified atom stereocenters. The molecular weight excluding hydrogens is 394 g/mol. The third-order valence-corrected chi connectivity index (χ3v) is 4.84. The van der Waals surface area contributed by atoms with E-state index >= 15 is 0 Å². The monoisotopic (exact) mass is 405 g/mol. The zero-order valence-electron chi connectivity index (χ0n) is 13.4. The molecule has 1 aromatic heterocycles. The summed E-state index contributed by atoms with van der Waals surface area (Å²) < 4.78 is 5.49. The van der Waals surface area contributed by atoms with E-state index in [2.05, 4.69) is 15.6 Å². The number of thiocarbonyl (C=S) groups is 1. The Morgan fingerprint density at radius 2 is 2.00 bits per heavy atom. The highest BCUT2D eigenvalue weighted by Crippen LogP contribution is 2.27. The highest BCUT2D eigenvalue weighted by atomic mass is 35.5. The Hall–Kier alpha value is -2.55. The first-order valence-electron chi connectivity index (χ1n) is 7.33. The van der Waals surface area contributed by atoms with Crippen molar-refractivity contribution in [1.82, 2.24) is 10.3 Å². The third-order valence-electron chi connectivity index (χ3n) is 3.38. The zero-order chi connectivity index (χ0) is 18.7. The fourth-order valence-corrected chi connectivity index (χ4v) is 3.55. The summed E-state index contributed by atoms with van der Waals surface area (Å²) in [6, 6.07) is 11.7. The molecule has 2 aromatic carbocycles. The van der Waals surface area contributed by atoms with Crippen molar-refractivity contribution in [3.8, 4) is 0 Å². The van der Waals surface area contributed by atoms with E-state index in [1.807, 2.05) is 0 Å². The molecule has 0 bridgehead atoms. The normalized spacial score (nSPS) is 10.4. The zero-order valence-corrected chi connectivity index (χ0v) is 15.8. The van der Waals surface area contributed by atoms with Crippen molar-refractivity contribution >= 4 is 67.5 Å². The minimum atomic E-state index is -0.419. The Bertz CT molecular complexity index is 1020. The van der Waals surface area contributed by atoms with Gasteiger partial charge in [-0.2, -0.15) is 0 Å². The maximum Gasteiger partial charge on any atom is 0.337 e. The standard InChI is InChI=1S/C17H12ClN3O3S2/c1-24-15(23)9-6-7-12-13(8-9)26-17(19-12)21-16(25)20-14(22)10-4-2-3-5-11(10)18/h2-8H,1H3,(H2,19,20,21,22,25). The van der Waals surface area contributed by atoms with Crippen molar-refractivity contribution < 1.29 is 14.3 Å². The van der Waals surface area contributed by atoms with Gasteiger partial charge in [0.1, 0.15) is 0 Å². The number of thiazole rings is 1. The number of fused-ring (bicyclic) bond motifs is 1. The van der Waals surface area contributed by atoms with E-state index in [9.17, 15) is 9.59 Å². The molecule has 9 heteroatoms. The van der Waals surface area contributed by atoms with Gasteiger partial charge in [-0.1, -0.05) is 35.1 Å². The van der Waals surface area contributed by atoms with Crippen molar-refractivity contribution in [3.05, 3.63) is 58.6 Å². The molecule has 0 aliphatic carbocycles. The maximum absolute atomic E-state index is 12.2. The molecule has 2 N–H and O–H groups in total. The lowest BCUT2D eigenvalue weighted by molar-refractivity contribution is 0.0601. The number of aromatic nitrogens is 1. The summed E-state index contributed by atoms with van der Waals surface area (Å²) in [4.78, 5) is 28.2. The summed E-state index contributed by atoms with van der Waals surface area (Å²) in [7, 11) is 1.33. The molecular formula is C17H12ClN3O3S2. The fraction of sp³-hybridized carbons (Fsp3) is 0.0588. The van der Waals surface area contributed by atoms with E-state index in [0.717, 1.165) is 4.70 Å². The molecule has 0 fully saturated rings. The van der Waals surface area contributed by atoms with Crippen LogP contribution in [0.15, 0.2) is 42.5 Å². The second-order valence-corrected chi connectivity index (χ2v) is 6.93. The minimum absolute atomic E-state index is 0.0992. The number of carbonyl (C=O) groups is 2. The Morgan fingerprint density at radius 1 is 1.23 bits per heavy atom. The van der Waals surface area contributed by atoms with Crippen LogP contribution in [0.1, 0.15) is 20.7 Å². The second kappa shape index (κ2) is 7.77. The summed E-state index contributed by atoms with van der Waals surface area (Å²) in [5, 5.41) is 6.35. The number of carbonyl (C=O) groups excluding carboxylic acids is 2. The highest BCUT2D eigenvalue weighted by molar-refractivity contribution is 7.80. The maximum atomic E-state index is 12.2. The predicted octanol–water partition coefficient (Wildman–Crippen LogP) is 3.86. The topological polar surface area (TPSA) is 80.3 Å². The number of halogens is 1. The van der Waals surface area contributed by atoms with Crippen LogP contribution < -0.4 is 10.6 Å². The van der Waals surface area contributed by atoms with Crippen LogP contribution in [0.4, 0.5) is 5.13 Å². The van der Waals surface area contributed by atoms with Gasteiger partial charge in [0.15, 0.2) is 10.2 Å². The van der Waals surface area contributed by atoms with E-state index in [0.29, 0.717) is 26.8 Å². The molecule has 0 spiro atoms. The predicted molar refractivity (Wildman–Crippen MR) is 106 cm³/mol. The average Bonchev–Trinajstić information content (AvgIpc) is 3.02. The number of esters is 1. The molecule has 0 saturated carbocycles. The lowest BCUT2D eigenvalue weighted by Gasteiger charge is -2.08. The number of nitrogens with one attached hydrogen (secondary N) is 2. The SMILES string of the molecule is COC(=O)c1ccc2nc(NC(=S)NC(=O)c3ccccc3Cl)sc2c1. The second-order valence-electron chi connectivity index (χ2n) is 5.08. The quantitative estimate of drug-likeness (QED) is 0.508. The van der Waals surface area contributed by atoms with E-state index in [4.69, 9.17) is 28.6 Å². The summed E-state index contributed by atoms with van der Waals surface area (Å²) >= 11 is 12.4. The third kappa shape index (κ3) is 3.98. The van der Waals surface area contributed by atoms with E-state index < -0.39 is 11.9 Å². The molecule has 0 radical (unpaired) electrons. The van der Waals surface area contributed by atoms with Gasteiger partial charge in [0.25, 0.3) is 5.91 Å². The molecule has 1 amide bonds. The molecule has 0 saturated heterocycles. The van der Waals surface area contributed by atoms with Gasteiger partial charge in [0.2, 0.25) is 0 Å². The molecule has 3 aromatic rings. The van der Waals surface area contributed by atoms with Crippen LogP contribution in [0.2, 0.25) is 5.02 Å². The first-order chi connectivity index (χ1) is 12.5. The van der Waals surface area contributed by atoms with Gasteiger partial charge >= 0.3 is 5.97 Å². The molecule has 0 aliphatic heterocycles. The molecule has 0 aliphatic rings. The van der Waals surface area contributed by atoms with Gasteiger partial charge in [-0.05, 0) is 42.5 Å². The Balaban J connectivity index is 1.72. The first-order valence-corrected chi connectivity index (χ1v) is 8.94. The van der Waals surface area contributed by atoms with Crippen molar-refractivity contribution in [2.24, 2.45) is 0 Å². The Kier molecular flexibility index (Phi) is 5.46. The summed E-state index contributed by atoms with van der Waals surface area (Å²) in [6.45, 7) is 0. The fourth-order valence-electron chi connectivity index (χ4n) is 2.17. The first kappa shape index (κ1) is 18.2. The molecule has 1 heterocycles. The number of rotatable bonds is 3. The number of methoxy groups -OCH3 is 1. The number of ether oxygens (including phenoxy) is 1. The largest absolute Gasteiger partial charge is 0.465 e. The van der Waals surface area contributed by atoms with E-state index in [1.165, 1.54) is 18.4 Å². The number of hydrogen-bond acceptors (Lipinski definition) is 6. The number of amides is 1. The van der Waals surface area contributed by atoms with Crippen LogP contribution >= 0.6 is 35.2 Å². The summed E-state index contributed by atoms with van der Waals surface area (Å²) in [5.74, 6) is -0.834. The van der Waals surface area contributed by atoms with Crippen LogP contribution in [0.5, 0.6) is 0 Å². The smallest absolute Gasteiger partial charge is 0.337 e. The lowest BCUT2D eigenvalue weighted by Crippen LogP contribution is -2.34. The van der Waals surface area contributed by atoms with Crippen molar-refractivity contribution in [1.29, 1.82) is 0 Å². The molecule has 6 nitrogen and oxygen atoms in total. The van der Waals surface area contributed by atoms with Gasteiger partial charge in [-0.25, -0.2) is 9.78 Å². The number of nitrogens with zero attached hydrogens (tertiary/aromatic N) is 1. The molecule has 0 atom stereocenters. The van der Waals surface area contributed by atoms with Gasteiger partial charge < -0.3 is 10.1 Å². The number of anilines is 1. The van der Waals surface area contributed by atoms with Gasteiger partial charge in [-0.15, -0.1) is 0 Å². The van der Waals surface area contributed by atoms with Crippen molar-refractivity contribution in [3.63, 3.8) is 0 Å². The van der Waals surface area contributed by atoms with Crippen LogP contribution in [0.25, 0.3) is 10.2 Å². The van der Waals surface area contributed by atoms with Crippen molar-refractivity contribution in [2.45, 2.75) is 0 Å². The summed E-state index contributed by atoms with van der Waals surface area (Å²) in [6.07, 6.45) is 0. The highest BCUT2D eigenvalue weighted by Gasteiger charge is 2.13. The van der Waals surface area contributed by atoms with Crippen LogP contribution in [-0.4, -0.2) is 29.1 Å². The van der Waals surface area contributed by atoms with Crippen LogP contribution in [0.3, 0.4) is 0 Å². The van der Waals surface area contributed by atoms with Crippen LogP contribution in [0, 0.1) is 0 Å². The van der Waals surface area contributed by atoms with E-state index in [1.54, 1.807) is 42.5 Å². The van der Waals surface area contributed by atoms with Gasteiger partial charge in [-0.3, -0.25) is 10.1 Å². The van der Waals surface area contributed by atoms with Gasteiger partial charge in [0.05, 0.1) is 33.5 Å². The Labute approximate surface area is 163 Å². The molecule has 26 heavy (non-hydrogen) atoms. The number of hydrogen-bond donors (Lipinski definition) is 2. The average molecular weight is 406 g/mol. The minimum Gasteiger partial charge on any atom is -0.465 e. The molecule has 132 valence electrons. The number of benzene rings is 2. The Morgan fingerprint density at radius 3 is 2.73 bits per heavy atom.